The zero-order chi connectivity index (χ0) is 12.8. The second-order valence-electron chi connectivity index (χ2n) is 4.03. The minimum atomic E-state index is 0.313. The predicted molar refractivity (Wildman–Crippen MR) is 74.7 cm³/mol. The van der Waals surface area contributed by atoms with Crippen LogP contribution in [0, 0.1) is 0 Å². The Kier molecular flexibility index (Phi) is 5.15. The first-order chi connectivity index (χ1) is 8.06. The molecule has 0 saturated heterocycles. The van der Waals surface area contributed by atoms with Crippen molar-refractivity contribution >= 4 is 23.0 Å². The van der Waals surface area contributed by atoms with E-state index in [1.54, 1.807) is 13.3 Å². The summed E-state index contributed by atoms with van der Waals surface area (Å²) in [6, 6.07) is 4.07. The molecule has 0 aromatic carbocycles. The van der Waals surface area contributed by atoms with Crippen molar-refractivity contribution in [2.75, 3.05) is 18.6 Å². The Balaban J connectivity index is 2.92. The third-order valence-corrected chi connectivity index (χ3v) is 2.67. The van der Waals surface area contributed by atoms with Crippen LogP contribution in [0.2, 0.25) is 0 Å². The Bertz CT molecular complexity index is 382. The summed E-state index contributed by atoms with van der Waals surface area (Å²) in [5.41, 5.74) is 5.54. The molecule has 1 aromatic heterocycles. The number of ether oxygens (including phenoxy) is 1. The molecular formula is C12H19N3OS. The van der Waals surface area contributed by atoms with Gasteiger partial charge >= 0.3 is 0 Å². The summed E-state index contributed by atoms with van der Waals surface area (Å²) in [6.07, 6.45) is 2.43. The van der Waals surface area contributed by atoms with E-state index in [0.29, 0.717) is 17.5 Å². The number of hydrogen-bond acceptors (Lipinski definition) is 4. The molecule has 0 bridgehead atoms. The van der Waals surface area contributed by atoms with E-state index in [1.807, 2.05) is 12.1 Å². The quantitative estimate of drug-likeness (QED) is 0.786. The number of anilines is 1. The van der Waals surface area contributed by atoms with E-state index in [4.69, 9.17) is 22.7 Å². The first kappa shape index (κ1) is 13.7. The number of nitrogens with zero attached hydrogens (tertiary/aromatic N) is 2. The maximum Gasteiger partial charge on any atom is 0.171 e. The number of methoxy groups -OCH3 is 1. The summed E-state index contributed by atoms with van der Waals surface area (Å²) in [5, 5.41) is 0. The number of thiocarbonyl (C=S) groups is 1. The molecule has 0 amide bonds. The van der Waals surface area contributed by atoms with Crippen molar-refractivity contribution in [3.63, 3.8) is 0 Å². The minimum absolute atomic E-state index is 0.313. The Morgan fingerprint density at radius 1 is 1.59 bits per heavy atom. The Hall–Kier alpha value is -1.36. The van der Waals surface area contributed by atoms with Crippen LogP contribution in [-0.2, 0) is 0 Å². The van der Waals surface area contributed by atoms with Crippen LogP contribution in [0.5, 0.6) is 5.75 Å². The van der Waals surface area contributed by atoms with Crippen LogP contribution in [0.25, 0.3) is 0 Å². The molecule has 5 heteroatoms. The van der Waals surface area contributed by atoms with Crippen molar-refractivity contribution in [1.29, 1.82) is 0 Å². The molecule has 0 aliphatic heterocycles. The fourth-order valence-corrected chi connectivity index (χ4v) is 1.69. The summed E-state index contributed by atoms with van der Waals surface area (Å²) in [7, 11) is 1.65. The molecule has 0 spiro atoms. The summed E-state index contributed by atoms with van der Waals surface area (Å²) in [5.74, 6) is 1.60. The Labute approximate surface area is 108 Å². The third-order valence-electron chi connectivity index (χ3n) is 2.47. The van der Waals surface area contributed by atoms with Gasteiger partial charge in [0.1, 0.15) is 0 Å². The van der Waals surface area contributed by atoms with Gasteiger partial charge in [0.05, 0.1) is 12.1 Å². The number of rotatable bonds is 6. The highest BCUT2D eigenvalue weighted by Gasteiger charge is 2.16. The topological polar surface area (TPSA) is 51.4 Å². The highest BCUT2D eigenvalue weighted by molar-refractivity contribution is 7.80. The fourth-order valence-electron chi connectivity index (χ4n) is 1.60. The van der Waals surface area contributed by atoms with Gasteiger partial charge in [0.2, 0.25) is 0 Å². The largest absolute Gasteiger partial charge is 0.493 e. The van der Waals surface area contributed by atoms with E-state index in [9.17, 15) is 0 Å². The second kappa shape index (κ2) is 6.39. The van der Waals surface area contributed by atoms with E-state index >= 15 is 0 Å². The molecule has 0 radical (unpaired) electrons. The average Bonchev–Trinajstić information content (AvgIpc) is 2.29. The Morgan fingerprint density at radius 2 is 2.29 bits per heavy atom. The molecule has 0 saturated carbocycles. The molecule has 1 heterocycles. The molecule has 0 fully saturated rings. The summed E-state index contributed by atoms with van der Waals surface area (Å²) in [4.78, 5) is 7.02. The van der Waals surface area contributed by atoms with Gasteiger partial charge in [-0.3, -0.25) is 0 Å². The van der Waals surface area contributed by atoms with Crippen LogP contribution in [0.15, 0.2) is 18.3 Å². The van der Waals surface area contributed by atoms with Gasteiger partial charge in [-0.15, -0.1) is 0 Å². The van der Waals surface area contributed by atoms with Crippen molar-refractivity contribution in [2.24, 2.45) is 5.73 Å². The SMILES string of the molecule is COc1cccnc1N(CCC(N)=S)C(C)C. The monoisotopic (exact) mass is 253 g/mol. The first-order valence-electron chi connectivity index (χ1n) is 5.60. The molecule has 0 unspecified atom stereocenters. The molecule has 94 valence electrons. The molecule has 0 atom stereocenters. The van der Waals surface area contributed by atoms with Crippen molar-refractivity contribution in [3.8, 4) is 5.75 Å². The number of pyridine rings is 1. The van der Waals surface area contributed by atoms with Gasteiger partial charge in [-0.25, -0.2) is 4.98 Å². The molecule has 4 nitrogen and oxygen atoms in total. The molecular weight excluding hydrogens is 234 g/mol. The molecule has 17 heavy (non-hydrogen) atoms. The zero-order valence-corrected chi connectivity index (χ0v) is 11.3. The predicted octanol–water partition coefficient (Wildman–Crippen LogP) is 1.98. The van der Waals surface area contributed by atoms with Crippen molar-refractivity contribution in [1.82, 2.24) is 4.98 Å². The zero-order valence-electron chi connectivity index (χ0n) is 10.5. The van der Waals surface area contributed by atoms with Gasteiger partial charge < -0.3 is 15.4 Å². The van der Waals surface area contributed by atoms with Gasteiger partial charge in [0.25, 0.3) is 0 Å². The standard InChI is InChI=1S/C12H19N3OS/c1-9(2)15(8-6-11(13)17)12-10(16-3)5-4-7-14-12/h4-5,7,9H,6,8H2,1-3H3,(H2,13,17). The van der Waals surface area contributed by atoms with E-state index in [2.05, 4.69) is 23.7 Å². The highest BCUT2D eigenvalue weighted by atomic mass is 32.1. The Morgan fingerprint density at radius 3 is 2.82 bits per heavy atom. The molecule has 0 aliphatic rings. The van der Waals surface area contributed by atoms with Crippen LogP contribution in [-0.4, -0.2) is 29.7 Å². The van der Waals surface area contributed by atoms with E-state index in [-0.39, 0.29) is 0 Å². The third kappa shape index (κ3) is 3.85. The smallest absolute Gasteiger partial charge is 0.171 e. The van der Waals surface area contributed by atoms with E-state index < -0.39 is 0 Å². The number of hydrogen-bond donors (Lipinski definition) is 1. The second-order valence-corrected chi connectivity index (χ2v) is 4.56. The van der Waals surface area contributed by atoms with Gasteiger partial charge in [-0.05, 0) is 26.0 Å². The van der Waals surface area contributed by atoms with Crippen molar-refractivity contribution in [3.05, 3.63) is 18.3 Å². The summed E-state index contributed by atoms with van der Waals surface area (Å²) in [6.45, 7) is 4.96. The van der Waals surface area contributed by atoms with Crippen LogP contribution in [0.4, 0.5) is 5.82 Å². The van der Waals surface area contributed by atoms with Crippen LogP contribution in [0.1, 0.15) is 20.3 Å². The lowest BCUT2D eigenvalue weighted by molar-refractivity contribution is 0.411. The van der Waals surface area contributed by atoms with Crippen LogP contribution >= 0.6 is 12.2 Å². The van der Waals surface area contributed by atoms with Crippen molar-refractivity contribution < 1.29 is 4.74 Å². The molecule has 1 rings (SSSR count). The maximum absolute atomic E-state index is 5.54. The molecule has 1 aromatic rings. The number of nitrogens with two attached hydrogens (primary N) is 1. The lowest BCUT2D eigenvalue weighted by Gasteiger charge is -2.28. The number of aromatic nitrogens is 1. The van der Waals surface area contributed by atoms with Gasteiger partial charge in [-0.2, -0.15) is 0 Å². The lowest BCUT2D eigenvalue weighted by Crippen LogP contribution is -2.34. The van der Waals surface area contributed by atoms with E-state index in [1.165, 1.54) is 0 Å². The average molecular weight is 253 g/mol. The van der Waals surface area contributed by atoms with Gasteiger partial charge in [-0.1, -0.05) is 12.2 Å². The fraction of sp³-hybridized carbons (Fsp3) is 0.500. The summed E-state index contributed by atoms with van der Waals surface area (Å²) < 4.78 is 5.32. The van der Waals surface area contributed by atoms with Gasteiger partial charge in [0, 0.05) is 25.2 Å². The molecule has 0 aliphatic carbocycles. The van der Waals surface area contributed by atoms with E-state index in [0.717, 1.165) is 18.1 Å². The van der Waals surface area contributed by atoms with Gasteiger partial charge in [0.15, 0.2) is 11.6 Å². The van der Waals surface area contributed by atoms with Crippen molar-refractivity contribution in [2.45, 2.75) is 26.3 Å². The summed E-state index contributed by atoms with van der Waals surface area (Å²) >= 11 is 4.91. The normalized spacial score (nSPS) is 10.4. The highest BCUT2D eigenvalue weighted by Crippen LogP contribution is 2.26. The molecule has 2 N–H and O–H groups in total. The maximum atomic E-state index is 5.54. The van der Waals surface area contributed by atoms with Crippen LogP contribution in [0.3, 0.4) is 0 Å². The lowest BCUT2D eigenvalue weighted by atomic mass is 10.2. The minimum Gasteiger partial charge on any atom is -0.493 e. The van der Waals surface area contributed by atoms with Crippen LogP contribution < -0.4 is 15.4 Å². The first-order valence-corrected chi connectivity index (χ1v) is 6.01.